The number of hydrogen-bond donors (Lipinski definition) is 1. The Morgan fingerprint density at radius 2 is 1.55 bits per heavy atom. The van der Waals surface area contributed by atoms with Gasteiger partial charge in [0.05, 0.1) is 27.7 Å². The van der Waals surface area contributed by atoms with Crippen LogP contribution in [0.25, 0.3) is 16.5 Å². The number of likely N-dealkylation sites (N-methyl/N-ethyl adjacent to an activating group) is 1. The molecule has 0 unspecified atom stereocenters. The van der Waals surface area contributed by atoms with Crippen LogP contribution in [0, 0.1) is 0 Å². The Bertz CT molecular complexity index is 2240. The fourth-order valence-electron chi connectivity index (χ4n) is 7.22. The number of fused-ring (bicyclic) bond motifs is 3. The lowest BCUT2D eigenvalue weighted by molar-refractivity contribution is 0.0882. The average Bonchev–Trinajstić information content (AvgIpc) is 3.80. The van der Waals surface area contributed by atoms with E-state index in [0.717, 1.165) is 48.9 Å². The average molecular weight is 685 g/mol. The number of nitrogens with zero attached hydrogens (tertiary/aromatic N) is 5. The number of Topliss-reactive ketones (excluding diaryl/α,β-unsaturated/α-hetero) is 2. The molecule has 4 aliphatic rings. The lowest BCUT2D eigenvalue weighted by Crippen LogP contribution is -2.45. The van der Waals surface area contributed by atoms with E-state index in [2.05, 4.69) is 26.8 Å². The van der Waals surface area contributed by atoms with E-state index < -0.39 is 34.9 Å². The van der Waals surface area contributed by atoms with Crippen LogP contribution in [-0.2, 0) is 0 Å². The smallest absolute Gasteiger partial charge is 0.266 e. The minimum Gasteiger partial charge on any atom is -0.492 e. The molecule has 2 aliphatic heterocycles. The van der Waals surface area contributed by atoms with Crippen LogP contribution < -0.4 is 20.1 Å². The number of carbonyl (C=O) groups excluding carboxylic acids is 4. The highest BCUT2D eigenvalue weighted by Gasteiger charge is 2.46. The van der Waals surface area contributed by atoms with Gasteiger partial charge in [0, 0.05) is 75.3 Å². The highest BCUT2D eigenvalue weighted by atomic mass is 16.5. The Morgan fingerprint density at radius 1 is 0.843 bits per heavy atom. The zero-order valence-electron chi connectivity index (χ0n) is 28.6. The fraction of sp³-hybridized carbons (Fsp3) is 0.282. The van der Waals surface area contributed by atoms with Crippen LogP contribution in [0.2, 0.25) is 0 Å². The minimum absolute atomic E-state index is 0.0152. The van der Waals surface area contributed by atoms with Gasteiger partial charge in [-0.25, -0.2) is 9.88 Å². The third-order valence-electron chi connectivity index (χ3n) is 10.2. The topological polar surface area (TPSA) is 136 Å². The van der Waals surface area contributed by atoms with Crippen LogP contribution in [0.4, 0.5) is 11.4 Å². The van der Waals surface area contributed by atoms with Gasteiger partial charge in [0.25, 0.3) is 17.4 Å². The Kier molecular flexibility index (Phi) is 8.00. The van der Waals surface area contributed by atoms with Crippen LogP contribution in [0.3, 0.4) is 0 Å². The molecule has 8 rings (SSSR count). The largest absolute Gasteiger partial charge is 0.492 e. The molecule has 258 valence electrons. The Labute approximate surface area is 293 Å². The van der Waals surface area contributed by atoms with Crippen molar-refractivity contribution < 1.29 is 23.9 Å². The van der Waals surface area contributed by atoms with Gasteiger partial charge in [-0.15, -0.1) is 0 Å². The minimum atomic E-state index is -1.40. The molecule has 0 bridgehead atoms. The monoisotopic (exact) mass is 684 g/mol. The number of benzene rings is 3. The highest BCUT2D eigenvalue weighted by molar-refractivity contribution is 6.37. The summed E-state index contributed by atoms with van der Waals surface area (Å²) in [4.78, 5) is 83.6. The number of piperazine rings is 1. The zero-order valence-corrected chi connectivity index (χ0v) is 28.6. The second-order valence-corrected chi connectivity index (χ2v) is 13.6. The maximum Gasteiger partial charge on any atom is 0.266 e. The third-order valence-corrected chi connectivity index (χ3v) is 10.2. The number of aromatic amines is 1. The first-order valence-corrected chi connectivity index (χ1v) is 17.0. The van der Waals surface area contributed by atoms with Crippen molar-refractivity contribution in [1.82, 2.24) is 19.8 Å². The summed E-state index contributed by atoms with van der Waals surface area (Å²) in [5.74, 6) is -3.34. The van der Waals surface area contributed by atoms with Crippen molar-refractivity contribution >= 4 is 51.2 Å². The van der Waals surface area contributed by atoms with Crippen molar-refractivity contribution in [3.63, 3.8) is 0 Å². The zero-order chi connectivity index (χ0) is 35.6. The molecular formula is C39H36N6O6. The van der Waals surface area contributed by atoms with Crippen molar-refractivity contribution in [2.45, 2.75) is 12.3 Å². The number of H-pyrrole nitrogens is 1. The molecular weight excluding hydrogens is 648 g/mol. The molecule has 1 N–H and O–H groups in total. The summed E-state index contributed by atoms with van der Waals surface area (Å²) in [5, 5.41) is 0.323. The predicted molar refractivity (Wildman–Crippen MR) is 193 cm³/mol. The van der Waals surface area contributed by atoms with E-state index >= 15 is 0 Å². The molecule has 4 aromatic rings. The van der Waals surface area contributed by atoms with Gasteiger partial charge < -0.3 is 19.5 Å². The SMILES string of the molecule is CN1CCN(CCOc2ccc(C3=CC=CC3)c(N3C(=O)c4cc5c(cc4C3=O)C(=O)C(c3nc4ccc(N(C)C)cc4c(=O)[nH]3)C5=O)c2)CC1. The van der Waals surface area contributed by atoms with E-state index in [1.807, 2.05) is 49.4 Å². The molecule has 0 radical (unpaired) electrons. The first kappa shape index (κ1) is 32.5. The lowest BCUT2D eigenvalue weighted by atomic mass is 10.0. The van der Waals surface area contributed by atoms with Gasteiger partial charge >= 0.3 is 0 Å². The Balaban J connectivity index is 1.09. The second kappa shape index (κ2) is 12.6. The normalized spacial score (nSPS) is 17.9. The van der Waals surface area contributed by atoms with Gasteiger partial charge in [-0.3, -0.25) is 28.9 Å². The van der Waals surface area contributed by atoms with E-state index in [-0.39, 0.29) is 28.1 Å². The number of hydrogen-bond acceptors (Lipinski definition) is 10. The van der Waals surface area contributed by atoms with E-state index in [9.17, 15) is 24.0 Å². The van der Waals surface area contributed by atoms with E-state index in [1.54, 1.807) is 24.3 Å². The number of anilines is 2. The van der Waals surface area contributed by atoms with Crippen molar-refractivity contribution in [3.8, 4) is 5.75 Å². The number of ether oxygens (including phenoxy) is 1. The summed E-state index contributed by atoms with van der Waals surface area (Å²) >= 11 is 0. The first-order chi connectivity index (χ1) is 24.6. The summed E-state index contributed by atoms with van der Waals surface area (Å²) < 4.78 is 6.14. The van der Waals surface area contributed by atoms with Gasteiger partial charge in [0.1, 0.15) is 24.1 Å². The second-order valence-electron chi connectivity index (χ2n) is 13.6. The fourth-order valence-corrected chi connectivity index (χ4v) is 7.22. The lowest BCUT2D eigenvalue weighted by Gasteiger charge is -2.32. The highest BCUT2D eigenvalue weighted by Crippen LogP contribution is 2.41. The maximum absolute atomic E-state index is 14.1. The summed E-state index contributed by atoms with van der Waals surface area (Å²) in [6, 6.07) is 13.2. The molecule has 51 heavy (non-hydrogen) atoms. The number of aromatic nitrogens is 2. The van der Waals surface area contributed by atoms with Crippen molar-refractivity contribution in [3.05, 3.63) is 111 Å². The van der Waals surface area contributed by atoms with E-state index in [0.29, 0.717) is 40.9 Å². The van der Waals surface area contributed by atoms with Crippen molar-refractivity contribution in [1.29, 1.82) is 0 Å². The third kappa shape index (κ3) is 5.56. The van der Waals surface area contributed by atoms with Crippen molar-refractivity contribution in [2.75, 3.05) is 70.3 Å². The van der Waals surface area contributed by atoms with Crippen LogP contribution in [0.5, 0.6) is 5.75 Å². The molecule has 1 aromatic heterocycles. The number of ketones is 2. The van der Waals surface area contributed by atoms with Gasteiger partial charge in [0.15, 0.2) is 11.6 Å². The number of nitrogens with one attached hydrogen (secondary N) is 1. The summed E-state index contributed by atoms with van der Waals surface area (Å²) in [5.41, 5.74) is 2.78. The molecule has 3 heterocycles. The van der Waals surface area contributed by atoms with Crippen LogP contribution in [0.1, 0.15) is 65.2 Å². The first-order valence-electron chi connectivity index (χ1n) is 17.0. The van der Waals surface area contributed by atoms with Crippen LogP contribution in [0.15, 0.2) is 71.6 Å². The number of carbonyl (C=O) groups is 4. The molecule has 0 spiro atoms. The number of allylic oxidation sites excluding steroid dienone is 4. The molecule has 0 saturated carbocycles. The number of rotatable bonds is 8. The summed E-state index contributed by atoms with van der Waals surface area (Å²) in [7, 11) is 5.81. The van der Waals surface area contributed by atoms with Crippen LogP contribution in [-0.4, -0.2) is 104 Å². The van der Waals surface area contributed by atoms with Crippen molar-refractivity contribution in [2.24, 2.45) is 0 Å². The summed E-state index contributed by atoms with van der Waals surface area (Å²) in [6.45, 7) is 5.12. The van der Waals surface area contributed by atoms with Gasteiger partial charge in [-0.05, 0) is 61.5 Å². The predicted octanol–water partition coefficient (Wildman–Crippen LogP) is 3.92. The molecule has 2 aliphatic carbocycles. The standard InChI is InChI=1S/C39H36N6O6/c1-42(2)23-8-11-31-30(18-23)37(48)41-36(40-31)33-34(46)26-20-28-29(21-27(26)35(33)47)39(50)45(38(28)49)32-19-24(9-10-25(32)22-6-4-5-7-22)51-17-16-44-14-12-43(3)13-15-44/h4-6,8-11,18-21,33H,7,12-17H2,1-3H3,(H,40,41,48). The van der Waals surface area contributed by atoms with Gasteiger partial charge in [-0.1, -0.05) is 18.2 Å². The van der Waals surface area contributed by atoms with Crippen LogP contribution >= 0.6 is 0 Å². The molecule has 3 aromatic carbocycles. The quantitative estimate of drug-likeness (QED) is 0.215. The maximum atomic E-state index is 14.1. The molecule has 2 amide bonds. The number of amides is 2. The van der Waals surface area contributed by atoms with Gasteiger partial charge in [0.2, 0.25) is 0 Å². The number of imide groups is 1. The Morgan fingerprint density at radius 3 is 2.20 bits per heavy atom. The molecule has 12 nitrogen and oxygen atoms in total. The molecule has 12 heteroatoms. The van der Waals surface area contributed by atoms with E-state index in [4.69, 9.17) is 4.74 Å². The van der Waals surface area contributed by atoms with Gasteiger partial charge in [-0.2, -0.15) is 0 Å². The van der Waals surface area contributed by atoms with E-state index in [1.165, 1.54) is 12.1 Å². The molecule has 1 fully saturated rings. The molecule has 0 atom stereocenters. The Hall–Kier alpha value is -5.72. The molecule has 1 saturated heterocycles. The summed E-state index contributed by atoms with van der Waals surface area (Å²) in [6.07, 6.45) is 6.51.